The first-order valence-corrected chi connectivity index (χ1v) is 7.68. The molecule has 2 heteroatoms. The van der Waals surface area contributed by atoms with Crippen LogP contribution in [0.2, 0.25) is 19.6 Å². The lowest BCUT2D eigenvalue weighted by Crippen LogP contribution is -2.41. The molecule has 5 radical (unpaired) electrons. The van der Waals surface area contributed by atoms with Gasteiger partial charge in [-0.05, 0) is 25.7 Å². The van der Waals surface area contributed by atoms with E-state index < -0.39 is 8.24 Å². The van der Waals surface area contributed by atoms with E-state index >= 15 is 0 Å². The van der Waals surface area contributed by atoms with Crippen LogP contribution in [0.4, 0.5) is 0 Å². The van der Waals surface area contributed by atoms with Gasteiger partial charge in [0.2, 0.25) is 0 Å². The van der Waals surface area contributed by atoms with Crippen LogP contribution in [-0.2, 0) is 0 Å². The largest absolute Gasteiger partial charge is 0.414 e. The Morgan fingerprint density at radius 1 is 1.25 bits per heavy atom. The Hall–Kier alpha value is -0.243. The molecule has 0 spiro atoms. The van der Waals surface area contributed by atoms with Crippen molar-refractivity contribution in [1.29, 1.82) is 0 Å². The molecular weight excluding hydrogens is 162 g/mol. The van der Waals surface area contributed by atoms with Crippen LogP contribution in [0, 0.1) is 31.6 Å². The summed E-state index contributed by atoms with van der Waals surface area (Å²) >= 11 is 0. The van der Waals surface area contributed by atoms with Gasteiger partial charge in [-0.15, -0.1) is 0 Å². The minimum absolute atomic E-state index is 1.05. The first-order chi connectivity index (χ1) is 5.49. The molecule has 1 saturated carbocycles. The lowest BCUT2D eigenvalue weighted by molar-refractivity contribution is 1.07. The fourth-order valence-electron chi connectivity index (χ4n) is 1.10. The number of allylic oxidation sites excluding steroid dienone is 1. The van der Waals surface area contributed by atoms with E-state index in [1.54, 1.807) is 0 Å². The first kappa shape index (κ1) is 9.84. The standard InChI is InChI=1S/C10H16NSi/c1-9(11-12(2,3)4)10-7-5-6-8-10/h5-8,11H,1H2,2-4H3. The van der Waals surface area contributed by atoms with Crippen molar-refractivity contribution in [2.45, 2.75) is 19.6 Å². The van der Waals surface area contributed by atoms with Crippen LogP contribution in [-0.4, -0.2) is 8.24 Å². The Bertz CT molecular complexity index is 163. The molecule has 1 nitrogen and oxygen atoms in total. The van der Waals surface area contributed by atoms with Gasteiger partial charge < -0.3 is 4.98 Å². The van der Waals surface area contributed by atoms with Crippen molar-refractivity contribution in [1.82, 2.24) is 4.98 Å². The van der Waals surface area contributed by atoms with Crippen LogP contribution < -0.4 is 4.98 Å². The second-order valence-electron chi connectivity index (χ2n) is 4.03. The van der Waals surface area contributed by atoms with Gasteiger partial charge in [-0.1, -0.05) is 26.2 Å². The summed E-state index contributed by atoms with van der Waals surface area (Å²) in [7, 11) is -1.23. The second kappa shape index (κ2) is 3.65. The van der Waals surface area contributed by atoms with Gasteiger partial charge in [0.1, 0.15) is 8.24 Å². The highest BCUT2D eigenvalue weighted by atomic mass is 28.3. The van der Waals surface area contributed by atoms with Gasteiger partial charge in [0.05, 0.1) is 0 Å². The number of hydrogen-bond donors (Lipinski definition) is 1. The van der Waals surface area contributed by atoms with Crippen molar-refractivity contribution in [3.8, 4) is 0 Å². The zero-order chi connectivity index (χ0) is 9.19. The molecule has 1 rings (SSSR count). The SMILES string of the molecule is C=C(N[Si](C)(C)C)[C]1[CH][CH][CH][CH]1. The third kappa shape index (κ3) is 3.01. The van der Waals surface area contributed by atoms with Gasteiger partial charge in [-0.2, -0.15) is 0 Å². The predicted molar refractivity (Wildman–Crippen MR) is 56.1 cm³/mol. The van der Waals surface area contributed by atoms with Crippen molar-refractivity contribution in [2.75, 3.05) is 0 Å². The van der Waals surface area contributed by atoms with Gasteiger partial charge >= 0.3 is 0 Å². The molecule has 1 aliphatic carbocycles. The van der Waals surface area contributed by atoms with Gasteiger partial charge in [-0.25, -0.2) is 0 Å². The number of rotatable bonds is 3. The molecule has 65 valence electrons. The summed E-state index contributed by atoms with van der Waals surface area (Å²) in [6.07, 6.45) is 8.23. The van der Waals surface area contributed by atoms with E-state index in [-0.39, 0.29) is 0 Å². The highest BCUT2D eigenvalue weighted by Gasteiger charge is 2.23. The highest BCUT2D eigenvalue weighted by Crippen LogP contribution is 2.28. The van der Waals surface area contributed by atoms with E-state index in [1.807, 2.05) is 12.8 Å². The summed E-state index contributed by atoms with van der Waals surface area (Å²) < 4.78 is 0. The summed E-state index contributed by atoms with van der Waals surface area (Å²) in [4.78, 5) is 3.47. The molecule has 1 fully saturated rings. The molecule has 0 unspecified atom stereocenters. The van der Waals surface area contributed by atoms with E-state index in [2.05, 4.69) is 44.0 Å². The molecule has 1 N–H and O–H groups in total. The van der Waals surface area contributed by atoms with Gasteiger partial charge in [-0.3, -0.25) is 0 Å². The summed E-state index contributed by atoms with van der Waals surface area (Å²) in [5.41, 5.74) is 1.05. The van der Waals surface area contributed by atoms with Crippen LogP contribution in [0.15, 0.2) is 12.3 Å². The molecule has 0 aromatic carbocycles. The van der Waals surface area contributed by atoms with Gasteiger partial charge in [0.15, 0.2) is 0 Å². The minimum atomic E-state index is -1.23. The Morgan fingerprint density at radius 3 is 2.17 bits per heavy atom. The fourth-order valence-corrected chi connectivity index (χ4v) is 2.15. The lowest BCUT2D eigenvalue weighted by Gasteiger charge is -2.24. The normalized spacial score (nSPS) is 19.6. The Labute approximate surface area is 77.3 Å². The summed E-state index contributed by atoms with van der Waals surface area (Å²) in [5, 5.41) is 0. The van der Waals surface area contributed by atoms with Crippen LogP contribution in [0.25, 0.3) is 0 Å². The maximum absolute atomic E-state index is 4.01. The molecule has 0 aliphatic heterocycles. The fraction of sp³-hybridized carbons (Fsp3) is 0.300. The lowest BCUT2D eigenvalue weighted by atomic mass is 10.1. The average Bonchev–Trinajstić information content (AvgIpc) is 2.32. The van der Waals surface area contributed by atoms with Crippen LogP contribution >= 0.6 is 0 Å². The summed E-state index contributed by atoms with van der Waals surface area (Å²) in [5.74, 6) is 1.21. The zero-order valence-corrected chi connectivity index (χ0v) is 9.02. The maximum Gasteiger partial charge on any atom is 0.143 e. The smallest absolute Gasteiger partial charge is 0.143 e. The van der Waals surface area contributed by atoms with Crippen LogP contribution in [0.3, 0.4) is 0 Å². The molecule has 0 aromatic rings. The second-order valence-corrected chi connectivity index (χ2v) is 8.78. The molecule has 0 atom stereocenters. The molecule has 0 bridgehead atoms. The van der Waals surface area contributed by atoms with E-state index in [0.29, 0.717) is 0 Å². The monoisotopic (exact) mass is 178 g/mol. The Kier molecular flexibility index (Phi) is 2.99. The third-order valence-corrected chi connectivity index (χ3v) is 2.59. The summed E-state index contributed by atoms with van der Waals surface area (Å²) in [6, 6.07) is 0. The van der Waals surface area contributed by atoms with E-state index in [9.17, 15) is 0 Å². The van der Waals surface area contributed by atoms with Gasteiger partial charge in [0.25, 0.3) is 0 Å². The molecule has 0 saturated heterocycles. The predicted octanol–water partition coefficient (Wildman–Crippen LogP) is 2.33. The third-order valence-electron chi connectivity index (χ3n) is 1.54. The van der Waals surface area contributed by atoms with Crippen LogP contribution in [0.1, 0.15) is 0 Å². The van der Waals surface area contributed by atoms with E-state index in [0.717, 1.165) is 5.70 Å². The molecule has 0 heterocycles. The van der Waals surface area contributed by atoms with Crippen molar-refractivity contribution in [2.24, 2.45) is 0 Å². The van der Waals surface area contributed by atoms with Crippen molar-refractivity contribution < 1.29 is 0 Å². The number of hydrogen-bond acceptors (Lipinski definition) is 1. The van der Waals surface area contributed by atoms with Crippen molar-refractivity contribution in [3.05, 3.63) is 43.9 Å². The molecule has 1 aliphatic rings. The number of nitrogens with one attached hydrogen (secondary N) is 1. The maximum atomic E-state index is 4.01. The molecular formula is C10H16NSi. The summed E-state index contributed by atoms with van der Waals surface area (Å²) in [6.45, 7) is 10.8. The molecule has 0 aromatic heterocycles. The van der Waals surface area contributed by atoms with Crippen molar-refractivity contribution >= 4 is 8.24 Å². The van der Waals surface area contributed by atoms with Crippen molar-refractivity contribution in [3.63, 3.8) is 0 Å². The zero-order valence-electron chi connectivity index (χ0n) is 8.02. The topological polar surface area (TPSA) is 12.0 Å². The quantitative estimate of drug-likeness (QED) is 0.654. The van der Waals surface area contributed by atoms with E-state index in [4.69, 9.17) is 0 Å². The molecule has 12 heavy (non-hydrogen) atoms. The highest BCUT2D eigenvalue weighted by molar-refractivity contribution is 6.74. The molecule has 0 amide bonds. The average molecular weight is 178 g/mol. The van der Waals surface area contributed by atoms with Gasteiger partial charge in [0, 0.05) is 11.6 Å². The minimum Gasteiger partial charge on any atom is -0.414 e. The first-order valence-electron chi connectivity index (χ1n) is 4.18. The van der Waals surface area contributed by atoms with Crippen LogP contribution in [0.5, 0.6) is 0 Å². The Morgan fingerprint density at radius 2 is 1.75 bits per heavy atom. The van der Waals surface area contributed by atoms with E-state index in [1.165, 1.54) is 5.92 Å². The Balaban J connectivity index is 2.37.